The van der Waals surface area contributed by atoms with Gasteiger partial charge < -0.3 is 20.3 Å². The van der Waals surface area contributed by atoms with Crippen LogP contribution < -0.4 is 5.73 Å². The summed E-state index contributed by atoms with van der Waals surface area (Å²) in [5.74, 6) is 0.386. The molecule has 1 heterocycles. The number of ether oxygens (including phenoxy) is 2. The highest BCUT2D eigenvalue weighted by Gasteiger charge is 2.44. The normalized spacial score (nSPS) is 34.8. The molecule has 4 nitrogen and oxygen atoms in total. The summed E-state index contributed by atoms with van der Waals surface area (Å²) in [6.45, 7) is 1.61. The second kappa shape index (κ2) is 5.01. The summed E-state index contributed by atoms with van der Waals surface area (Å²) in [4.78, 5) is 0. The van der Waals surface area contributed by atoms with Crippen LogP contribution in [0, 0.1) is 0 Å². The van der Waals surface area contributed by atoms with Gasteiger partial charge in [-0.05, 0) is 6.42 Å². The zero-order valence-corrected chi connectivity index (χ0v) is 9.67. The maximum Gasteiger partial charge on any atom is 0.169 e. The lowest BCUT2D eigenvalue weighted by atomic mass is 9.90. The SMILES string of the molecule is NC1CCC2(CC1SCCO)OCCO2. The third-order valence-electron chi connectivity index (χ3n) is 3.09. The quantitative estimate of drug-likeness (QED) is 0.735. The van der Waals surface area contributed by atoms with Crippen molar-refractivity contribution in [3.05, 3.63) is 0 Å². The molecule has 2 aliphatic rings. The Labute approximate surface area is 94.5 Å². The van der Waals surface area contributed by atoms with Crippen molar-refractivity contribution in [3.63, 3.8) is 0 Å². The van der Waals surface area contributed by atoms with Gasteiger partial charge in [-0.25, -0.2) is 0 Å². The smallest absolute Gasteiger partial charge is 0.169 e. The molecule has 2 rings (SSSR count). The molecule has 0 aromatic carbocycles. The van der Waals surface area contributed by atoms with E-state index in [1.807, 2.05) is 0 Å². The van der Waals surface area contributed by atoms with E-state index in [9.17, 15) is 0 Å². The van der Waals surface area contributed by atoms with E-state index in [0.29, 0.717) is 18.5 Å². The van der Waals surface area contributed by atoms with Crippen molar-refractivity contribution in [1.29, 1.82) is 0 Å². The Morgan fingerprint density at radius 2 is 2.13 bits per heavy atom. The molecule has 0 amide bonds. The van der Waals surface area contributed by atoms with Crippen molar-refractivity contribution in [2.45, 2.75) is 36.3 Å². The average molecular weight is 233 g/mol. The lowest BCUT2D eigenvalue weighted by Crippen LogP contribution is -2.47. The van der Waals surface area contributed by atoms with Gasteiger partial charge in [0.25, 0.3) is 0 Å². The van der Waals surface area contributed by atoms with Gasteiger partial charge >= 0.3 is 0 Å². The van der Waals surface area contributed by atoms with E-state index in [0.717, 1.165) is 25.0 Å². The zero-order valence-electron chi connectivity index (χ0n) is 8.85. The first-order chi connectivity index (χ1) is 7.26. The van der Waals surface area contributed by atoms with Gasteiger partial charge in [0.15, 0.2) is 5.79 Å². The summed E-state index contributed by atoms with van der Waals surface area (Å²) in [7, 11) is 0. The minimum absolute atomic E-state index is 0.208. The number of hydrogen-bond acceptors (Lipinski definition) is 5. The van der Waals surface area contributed by atoms with E-state index < -0.39 is 0 Å². The summed E-state index contributed by atoms with van der Waals surface area (Å²) >= 11 is 1.73. The van der Waals surface area contributed by atoms with Crippen LogP contribution >= 0.6 is 11.8 Å². The molecular weight excluding hydrogens is 214 g/mol. The first kappa shape index (κ1) is 11.7. The maximum absolute atomic E-state index is 8.82. The zero-order chi connectivity index (χ0) is 10.7. The molecule has 1 saturated heterocycles. The third-order valence-corrected chi connectivity index (χ3v) is 4.45. The Hall–Kier alpha value is 0.190. The van der Waals surface area contributed by atoms with Gasteiger partial charge in [0.2, 0.25) is 0 Å². The molecule has 0 aromatic rings. The van der Waals surface area contributed by atoms with E-state index in [-0.39, 0.29) is 18.4 Å². The van der Waals surface area contributed by atoms with Gasteiger partial charge in [0, 0.05) is 29.9 Å². The number of aliphatic hydroxyl groups is 1. The minimum atomic E-state index is -0.358. The average Bonchev–Trinajstić information content (AvgIpc) is 2.69. The first-order valence-electron chi connectivity index (χ1n) is 5.52. The number of aliphatic hydroxyl groups excluding tert-OH is 1. The van der Waals surface area contributed by atoms with Crippen LogP contribution in [0.3, 0.4) is 0 Å². The number of rotatable bonds is 3. The Morgan fingerprint density at radius 3 is 2.80 bits per heavy atom. The minimum Gasteiger partial charge on any atom is -0.396 e. The summed E-state index contributed by atoms with van der Waals surface area (Å²) in [5, 5.41) is 9.17. The van der Waals surface area contributed by atoms with E-state index in [1.165, 1.54) is 0 Å². The van der Waals surface area contributed by atoms with Crippen LogP contribution in [-0.4, -0.2) is 47.8 Å². The third kappa shape index (κ3) is 2.65. The van der Waals surface area contributed by atoms with Crippen molar-refractivity contribution >= 4 is 11.8 Å². The van der Waals surface area contributed by atoms with Crippen LogP contribution in [0.15, 0.2) is 0 Å². The molecule has 2 atom stereocenters. The summed E-state index contributed by atoms with van der Waals surface area (Å²) in [5.41, 5.74) is 6.06. The molecule has 2 unspecified atom stereocenters. The second-order valence-corrected chi connectivity index (χ2v) is 5.49. The van der Waals surface area contributed by atoms with Crippen LogP contribution in [0.25, 0.3) is 0 Å². The molecule has 5 heteroatoms. The Balaban J connectivity index is 1.91. The molecule has 15 heavy (non-hydrogen) atoms. The Morgan fingerprint density at radius 1 is 1.40 bits per heavy atom. The highest BCUT2D eigenvalue weighted by Crippen LogP contribution is 2.39. The largest absolute Gasteiger partial charge is 0.396 e. The van der Waals surface area contributed by atoms with Gasteiger partial charge in [-0.1, -0.05) is 0 Å². The highest BCUT2D eigenvalue weighted by molar-refractivity contribution is 8.00. The van der Waals surface area contributed by atoms with E-state index in [1.54, 1.807) is 11.8 Å². The topological polar surface area (TPSA) is 64.7 Å². The van der Waals surface area contributed by atoms with Gasteiger partial charge in [0.1, 0.15) is 0 Å². The molecule has 3 N–H and O–H groups in total. The molecule has 0 aromatic heterocycles. The van der Waals surface area contributed by atoms with E-state index in [2.05, 4.69) is 0 Å². The van der Waals surface area contributed by atoms with E-state index in [4.69, 9.17) is 20.3 Å². The van der Waals surface area contributed by atoms with E-state index >= 15 is 0 Å². The highest BCUT2D eigenvalue weighted by atomic mass is 32.2. The molecule has 1 aliphatic heterocycles. The van der Waals surface area contributed by atoms with Crippen molar-refractivity contribution < 1.29 is 14.6 Å². The Bertz CT molecular complexity index is 209. The van der Waals surface area contributed by atoms with Crippen LogP contribution in [0.4, 0.5) is 0 Å². The molecule has 88 valence electrons. The molecule has 2 fully saturated rings. The summed E-state index contributed by atoms with van der Waals surface area (Å²) < 4.78 is 11.4. The van der Waals surface area contributed by atoms with Crippen molar-refractivity contribution in [1.82, 2.24) is 0 Å². The first-order valence-corrected chi connectivity index (χ1v) is 6.57. The summed E-state index contributed by atoms with van der Waals surface area (Å²) in [6.07, 6.45) is 2.71. The monoisotopic (exact) mass is 233 g/mol. The Kier molecular flexibility index (Phi) is 3.90. The second-order valence-electron chi connectivity index (χ2n) is 4.15. The predicted octanol–water partition coefficient (Wildman–Crippen LogP) is 0.335. The molecule has 1 aliphatic carbocycles. The number of hydrogen-bond donors (Lipinski definition) is 2. The van der Waals surface area contributed by atoms with Gasteiger partial charge in [-0.2, -0.15) is 11.8 Å². The molecule has 0 radical (unpaired) electrons. The van der Waals surface area contributed by atoms with Crippen LogP contribution in [0.1, 0.15) is 19.3 Å². The van der Waals surface area contributed by atoms with Crippen molar-refractivity contribution in [2.24, 2.45) is 5.73 Å². The molecule has 1 spiro atoms. The standard InChI is InChI=1S/C10H19NO3S/c11-8-1-2-10(13-4-5-14-10)7-9(8)15-6-3-12/h8-9,12H,1-7,11H2. The number of nitrogens with two attached hydrogens (primary N) is 1. The van der Waals surface area contributed by atoms with Crippen LogP contribution in [0.5, 0.6) is 0 Å². The van der Waals surface area contributed by atoms with Gasteiger partial charge in [-0.15, -0.1) is 0 Å². The van der Waals surface area contributed by atoms with Gasteiger partial charge in [-0.3, -0.25) is 0 Å². The fraction of sp³-hybridized carbons (Fsp3) is 1.00. The molecular formula is C10H19NO3S. The number of thioether (sulfide) groups is 1. The molecule has 1 saturated carbocycles. The molecule has 0 bridgehead atoms. The van der Waals surface area contributed by atoms with Gasteiger partial charge in [0.05, 0.1) is 19.8 Å². The van der Waals surface area contributed by atoms with Crippen molar-refractivity contribution in [2.75, 3.05) is 25.6 Å². The van der Waals surface area contributed by atoms with Crippen molar-refractivity contribution in [3.8, 4) is 0 Å². The fourth-order valence-corrected chi connectivity index (χ4v) is 3.44. The lowest BCUT2D eigenvalue weighted by molar-refractivity contribution is -0.176. The predicted molar refractivity (Wildman–Crippen MR) is 59.8 cm³/mol. The fourth-order valence-electron chi connectivity index (χ4n) is 2.28. The van der Waals surface area contributed by atoms with Crippen LogP contribution in [0.2, 0.25) is 0 Å². The maximum atomic E-state index is 8.82. The summed E-state index contributed by atoms with van der Waals surface area (Å²) in [6, 6.07) is 0.208. The lowest BCUT2D eigenvalue weighted by Gasteiger charge is -2.39. The van der Waals surface area contributed by atoms with Crippen LogP contribution in [-0.2, 0) is 9.47 Å².